The highest BCUT2D eigenvalue weighted by Crippen LogP contribution is 2.32. The highest BCUT2D eigenvalue weighted by atomic mass is 19.1. The second-order valence-corrected chi connectivity index (χ2v) is 9.52. The molecule has 2 aromatic heterocycles. The predicted molar refractivity (Wildman–Crippen MR) is 136 cm³/mol. The van der Waals surface area contributed by atoms with Gasteiger partial charge in [-0.2, -0.15) is 0 Å². The Hall–Kier alpha value is -3.98. The molecule has 1 fully saturated rings. The largest absolute Gasteiger partial charge is 0.390 e. The molecule has 3 N–H and O–H groups in total. The van der Waals surface area contributed by atoms with Gasteiger partial charge in [-0.25, -0.2) is 14.4 Å². The van der Waals surface area contributed by atoms with Gasteiger partial charge >= 0.3 is 0 Å². The van der Waals surface area contributed by atoms with Crippen molar-refractivity contribution in [3.8, 4) is 0 Å². The van der Waals surface area contributed by atoms with E-state index in [2.05, 4.69) is 25.2 Å². The number of fused-ring (bicyclic) bond motifs is 2. The van der Waals surface area contributed by atoms with Crippen molar-refractivity contribution >= 4 is 28.4 Å². The zero-order valence-electron chi connectivity index (χ0n) is 19.9. The van der Waals surface area contributed by atoms with Crippen molar-refractivity contribution in [2.45, 2.75) is 31.0 Å². The van der Waals surface area contributed by atoms with E-state index < -0.39 is 23.9 Å². The molecule has 1 amide bonds. The third-order valence-electron chi connectivity index (χ3n) is 7.42. The number of likely N-dealkylation sites (N-methyl/N-ethyl adjacent to an activating group) is 1. The van der Waals surface area contributed by atoms with Crippen LogP contribution in [0.4, 0.5) is 15.9 Å². The molecule has 0 radical (unpaired) electrons. The van der Waals surface area contributed by atoms with Gasteiger partial charge in [0.05, 0.1) is 23.2 Å². The van der Waals surface area contributed by atoms with Crippen molar-refractivity contribution in [2.75, 3.05) is 29.9 Å². The minimum Gasteiger partial charge on any atom is -0.390 e. The molecule has 1 aliphatic carbocycles. The molecule has 2 aromatic carbocycles. The number of nitrogens with zero attached hydrogens (tertiary/aromatic N) is 4. The summed E-state index contributed by atoms with van der Waals surface area (Å²) >= 11 is 0. The summed E-state index contributed by atoms with van der Waals surface area (Å²) in [5, 5.41) is 14.3. The lowest BCUT2D eigenvalue weighted by Gasteiger charge is -2.28. The summed E-state index contributed by atoms with van der Waals surface area (Å²) in [6, 6.07) is 13.8. The van der Waals surface area contributed by atoms with Crippen LogP contribution in [-0.4, -0.2) is 58.2 Å². The molecule has 9 heteroatoms. The van der Waals surface area contributed by atoms with Crippen LogP contribution in [0.2, 0.25) is 0 Å². The van der Waals surface area contributed by atoms with Gasteiger partial charge in [-0.05, 0) is 41.8 Å². The molecule has 3 atom stereocenters. The highest BCUT2D eigenvalue weighted by Gasteiger charge is 2.33. The van der Waals surface area contributed by atoms with Crippen LogP contribution in [0.1, 0.15) is 33.9 Å². The van der Waals surface area contributed by atoms with Crippen molar-refractivity contribution < 1.29 is 14.3 Å². The molecule has 184 valence electrons. The third kappa shape index (κ3) is 3.85. The number of aromatic nitrogens is 3. The van der Waals surface area contributed by atoms with Crippen molar-refractivity contribution in [3.63, 3.8) is 0 Å². The molecule has 6 rings (SSSR count). The van der Waals surface area contributed by atoms with Gasteiger partial charge in [0.25, 0.3) is 5.91 Å². The number of anilines is 2. The second-order valence-electron chi connectivity index (χ2n) is 9.52. The first-order chi connectivity index (χ1) is 17.5. The minimum absolute atomic E-state index is 0.0910. The van der Waals surface area contributed by atoms with Gasteiger partial charge in [0.2, 0.25) is 0 Å². The van der Waals surface area contributed by atoms with E-state index >= 15 is 4.39 Å². The number of hydrogen-bond acceptors (Lipinski definition) is 6. The summed E-state index contributed by atoms with van der Waals surface area (Å²) in [6.45, 7) is 1.51. The summed E-state index contributed by atoms with van der Waals surface area (Å²) in [5.74, 6) is 0.0153. The molecule has 36 heavy (non-hydrogen) atoms. The molecule has 0 bridgehead atoms. The number of H-pyrrole nitrogens is 1. The van der Waals surface area contributed by atoms with Crippen LogP contribution >= 0.6 is 0 Å². The van der Waals surface area contributed by atoms with Crippen molar-refractivity contribution in [2.24, 2.45) is 0 Å². The fourth-order valence-corrected chi connectivity index (χ4v) is 5.46. The van der Waals surface area contributed by atoms with Gasteiger partial charge in [0.15, 0.2) is 0 Å². The first-order valence-electron chi connectivity index (χ1n) is 12.1. The molecular weight excluding hydrogens is 459 g/mol. The molecule has 8 nitrogen and oxygen atoms in total. The summed E-state index contributed by atoms with van der Waals surface area (Å²) in [7, 11) is 1.88. The van der Waals surface area contributed by atoms with E-state index in [0.29, 0.717) is 18.7 Å². The Morgan fingerprint density at radius 3 is 2.94 bits per heavy atom. The van der Waals surface area contributed by atoms with Gasteiger partial charge in [0, 0.05) is 44.4 Å². The van der Waals surface area contributed by atoms with Crippen LogP contribution in [-0.2, 0) is 6.42 Å². The van der Waals surface area contributed by atoms with Crippen molar-refractivity contribution in [3.05, 3.63) is 83.6 Å². The summed E-state index contributed by atoms with van der Waals surface area (Å²) in [5.41, 5.74) is 3.39. The Labute approximate surface area is 207 Å². The average molecular weight is 487 g/mol. The number of amides is 1. The lowest BCUT2D eigenvalue weighted by Crippen LogP contribution is -2.36. The lowest BCUT2D eigenvalue weighted by atomic mass is 10.1. The topological polar surface area (TPSA) is 97.4 Å². The normalized spacial score (nSPS) is 21.1. The van der Waals surface area contributed by atoms with Crippen LogP contribution in [0.15, 0.2) is 61.1 Å². The van der Waals surface area contributed by atoms with Crippen LogP contribution in [0.3, 0.4) is 0 Å². The van der Waals surface area contributed by atoms with Gasteiger partial charge in [0.1, 0.15) is 23.6 Å². The molecule has 0 saturated carbocycles. The van der Waals surface area contributed by atoms with Crippen LogP contribution in [0.25, 0.3) is 11.0 Å². The van der Waals surface area contributed by atoms with E-state index in [4.69, 9.17) is 0 Å². The van der Waals surface area contributed by atoms with Gasteiger partial charge < -0.3 is 25.2 Å². The van der Waals surface area contributed by atoms with Gasteiger partial charge in [-0.15, -0.1) is 0 Å². The number of nitrogens with one attached hydrogen (secondary N) is 2. The maximum atomic E-state index is 15.2. The smallest absolute Gasteiger partial charge is 0.251 e. The van der Waals surface area contributed by atoms with Gasteiger partial charge in [-0.3, -0.25) is 4.79 Å². The number of halogens is 1. The second kappa shape index (κ2) is 8.91. The number of hydrogen-bond donors (Lipinski definition) is 3. The zero-order chi connectivity index (χ0) is 24.8. The zero-order valence-corrected chi connectivity index (χ0v) is 19.9. The third-order valence-corrected chi connectivity index (χ3v) is 7.42. The quantitative estimate of drug-likeness (QED) is 0.401. The first-order valence-corrected chi connectivity index (χ1v) is 12.1. The number of carbonyl (C=O) groups is 1. The monoisotopic (exact) mass is 486 g/mol. The Morgan fingerprint density at radius 1 is 1.22 bits per heavy atom. The molecule has 0 unspecified atom stereocenters. The lowest BCUT2D eigenvalue weighted by molar-refractivity contribution is 0.0858. The Morgan fingerprint density at radius 2 is 2.08 bits per heavy atom. The first kappa shape index (κ1) is 22.5. The van der Waals surface area contributed by atoms with E-state index in [0.717, 1.165) is 40.9 Å². The standard InChI is InChI=1S/C27H27FN6O2/c1-33(18-9-11-34(14-18)26-20-8-10-29-25(20)30-15-31-26)22-7-6-17(12-21(22)28)27(36)32-24-19-5-3-2-4-16(19)13-23(24)35/h2-8,10,12,15,18,23-24,35H,9,11,13-14H2,1H3,(H,32,36)(H,29,30,31)/t18-,23+,24+/m1/s1. The number of carbonyl (C=O) groups excluding carboxylic acids is 1. The summed E-state index contributed by atoms with van der Waals surface area (Å²) < 4.78 is 15.2. The van der Waals surface area contributed by atoms with E-state index in [-0.39, 0.29) is 11.6 Å². The molecule has 1 aliphatic heterocycles. The molecule has 2 aliphatic rings. The molecule has 3 heterocycles. The SMILES string of the molecule is CN(c1ccc(C(=O)N[C@H]2c3ccccc3C[C@@H]2O)cc1F)[C@@H]1CCN(c2ncnc3[nH]ccc23)C1. The Kier molecular flexibility index (Phi) is 5.56. The number of aliphatic hydroxyl groups is 1. The molecular formula is C27H27FN6O2. The molecule has 1 saturated heterocycles. The minimum atomic E-state index is -0.700. The number of aromatic amines is 1. The van der Waals surface area contributed by atoms with E-state index in [1.165, 1.54) is 6.07 Å². The Bertz CT molecular complexity index is 1440. The fourth-order valence-electron chi connectivity index (χ4n) is 5.46. The maximum absolute atomic E-state index is 15.2. The Balaban J connectivity index is 1.15. The summed E-state index contributed by atoms with van der Waals surface area (Å²) in [4.78, 5) is 28.9. The maximum Gasteiger partial charge on any atom is 0.251 e. The fraction of sp³-hybridized carbons (Fsp3) is 0.296. The van der Waals surface area contributed by atoms with Crippen molar-refractivity contribution in [1.29, 1.82) is 0 Å². The van der Waals surface area contributed by atoms with Gasteiger partial charge in [-0.1, -0.05) is 24.3 Å². The molecule has 0 spiro atoms. The number of aliphatic hydroxyl groups excluding tert-OH is 1. The van der Waals surface area contributed by atoms with Crippen LogP contribution < -0.4 is 15.1 Å². The van der Waals surface area contributed by atoms with E-state index in [1.807, 2.05) is 48.5 Å². The van der Waals surface area contributed by atoms with E-state index in [1.54, 1.807) is 18.5 Å². The predicted octanol–water partition coefficient (Wildman–Crippen LogP) is 3.20. The van der Waals surface area contributed by atoms with Crippen molar-refractivity contribution in [1.82, 2.24) is 20.3 Å². The number of rotatable bonds is 5. The highest BCUT2D eigenvalue weighted by molar-refractivity contribution is 5.95. The van der Waals surface area contributed by atoms with Crippen LogP contribution in [0.5, 0.6) is 0 Å². The average Bonchev–Trinajstić information content (AvgIpc) is 3.62. The number of benzene rings is 2. The summed E-state index contributed by atoms with van der Waals surface area (Å²) in [6.07, 6.45) is 4.05. The molecule has 4 aromatic rings. The van der Waals surface area contributed by atoms with Crippen LogP contribution in [0, 0.1) is 5.82 Å². The van der Waals surface area contributed by atoms with E-state index in [9.17, 15) is 9.90 Å².